The molecule has 0 bridgehead atoms. The summed E-state index contributed by atoms with van der Waals surface area (Å²) in [6, 6.07) is 5.21. The van der Waals surface area contributed by atoms with E-state index in [0.29, 0.717) is 23.9 Å². The predicted molar refractivity (Wildman–Crippen MR) is 84.9 cm³/mol. The number of nitrogens with zero attached hydrogens (tertiary/aromatic N) is 1. The Morgan fingerprint density at radius 3 is 2.91 bits per heavy atom. The van der Waals surface area contributed by atoms with E-state index >= 15 is 0 Å². The van der Waals surface area contributed by atoms with Crippen LogP contribution in [-0.2, 0) is 14.3 Å². The summed E-state index contributed by atoms with van der Waals surface area (Å²) >= 11 is 5.97. The number of hydrogen-bond acceptors (Lipinski definition) is 4. The van der Waals surface area contributed by atoms with Crippen LogP contribution >= 0.6 is 11.6 Å². The lowest BCUT2D eigenvalue weighted by Gasteiger charge is -2.33. The highest BCUT2D eigenvalue weighted by Gasteiger charge is 2.29. The number of aliphatic carboxylic acids is 1. The Kier molecular flexibility index (Phi) is 5.85. The minimum atomic E-state index is -0.940. The van der Waals surface area contributed by atoms with Gasteiger partial charge in [-0.1, -0.05) is 11.6 Å². The average Bonchev–Trinajstić information content (AvgIpc) is 2.49. The van der Waals surface area contributed by atoms with Gasteiger partial charge in [0.15, 0.2) is 6.10 Å². The summed E-state index contributed by atoms with van der Waals surface area (Å²) in [5.74, 6) is -0.551. The third-order valence-electron chi connectivity index (χ3n) is 3.64. The summed E-state index contributed by atoms with van der Waals surface area (Å²) in [6.07, 6.45) is -1.26. The molecule has 126 valence electrons. The van der Waals surface area contributed by atoms with Gasteiger partial charge in [0.05, 0.1) is 19.1 Å². The van der Waals surface area contributed by atoms with E-state index in [0.717, 1.165) is 5.56 Å². The minimum Gasteiger partial charge on any atom is -0.481 e. The lowest BCUT2D eigenvalue weighted by Crippen LogP contribution is -2.50. The van der Waals surface area contributed by atoms with E-state index in [9.17, 15) is 9.59 Å². The largest absolute Gasteiger partial charge is 0.481 e. The Hall–Kier alpha value is -1.79. The number of carboxylic acids is 1. The van der Waals surface area contributed by atoms with Crippen LogP contribution in [0.15, 0.2) is 18.2 Å². The highest BCUT2D eigenvalue weighted by molar-refractivity contribution is 6.31. The molecule has 2 atom stereocenters. The lowest BCUT2D eigenvalue weighted by atomic mass is 10.2. The molecule has 2 rings (SSSR count). The molecule has 0 radical (unpaired) electrons. The van der Waals surface area contributed by atoms with Crippen LogP contribution in [0.3, 0.4) is 0 Å². The van der Waals surface area contributed by atoms with Gasteiger partial charge in [-0.2, -0.15) is 0 Å². The van der Waals surface area contributed by atoms with E-state index in [2.05, 4.69) is 0 Å². The SMILES string of the molecule is Cc1cc(OC(C)C(=O)N2CCOC(CC(=O)O)C2)ccc1Cl. The average molecular weight is 342 g/mol. The number of rotatable bonds is 5. The quantitative estimate of drug-likeness (QED) is 0.887. The first-order valence-corrected chi connectivity index (χ1v) is 7.79. The van der Waals surface area contributed by atoms with E-state index in [1.807, 2.05) is 6.92 Å². The van der Waals surface area contributed by atoms with E-state index in [-0.39, 0.29) is 18.9 Å². The van der Waals surface area contributed by atoms with Crippen LogP contribution in [0.2, 0.25) is 5.02 Å². The minimum absolute atomic E-state index is 0.116. The second-order valence-corrected chi connectivity index (χ2v) is 5.95. The van der Waals surface area contributed by atoms with Gasteiger partial charge in [0.2, 0.25) is 0 Å². The second kappa shape index (κ2) is 7.66. The summed E-state index contributed by atoms with van der Waals surface area (Å²) in [4.78, 5) is 24.8. The maximum absolute atomic E-state index is 12.5. The van der Waals surface area contributed by atoms with Crippen LogP contribution < -0.4 is 4.74 Å². The zero-order chi connectivity index (χ0) is 17.0. The molecule has 0 spiro atoms. The van der Waals surface area contributed by atoms with Crippen LogP contribution in [0.5, 0.6) is 5.75 Å². The van der Waals surface area contributed by atoms with Gasteiger partial charge in [-0.25, -0.2) is 0 Å². The molecule has 1 fully saturated rings. The summed E-state index contributed by atoms with van der Waals surface area (Å²) in [5, 5.41) is 9.46. The number of ether oxygens (including phenoxy) is 2. The fraction of sp³-hybridized carbons (Fsp3) is 0.500. The molecule has 1 saturated heterocycles. The van der Waals surface area contributed by atoms with Crippen molar-refractivity contribution < 1.29 is 24.2 Å². The molecule has 2 unspecified atom stereocenters. The maximum Gasteiger partial charge on any atom is 0.306 e. The smallest absolute Gasteiger partial charge is 0.306 e. The second-order valence-electron chi connectivity index (χ2n) is 5.55. The highest BCUT2D eigenvalue weighted by Crippen LogP contribution is 2.22. The zero-order valence-electron chi connectivity index (χ0n) is 13.1. The van der Waals surface area contributed by atoms with E-state index in [4.69, 9.17) is 26.2 Å². The number of carboxylic acid groups (broad SMARTS) is 1. The molecule has 1 aromatic carbocycles. The number of aryl methyl sites for hydroxylation is 1. The van der Waals surface area contributed by atoms with Crippen molar-refractivity contribution in [2.45, 2.75) is 32.5 Å². The highest BCUT2D eigenvalue weighted by atomic mass is 35.5. The number of halogens is 1. The molecule has 1 heterocycles. The first kappa shape index (κ1) is 17.6. The van der Waals surface area contributed by atoms with Gasteiger partial charge in [-0.15, -0.1) is 0 Å². The number of hydrogen-bond donors (Lipinski definition) is 1. The maximum atomic E-state index is 12.5. The molecule has 7 heteroatoms. The Labute approximate surface area is 139 Å². The van der Waals surface area contributed by atoms with Gasteiger partial charge in [0, 0.05) is 18.1 Å². The molecule has 1 amide bonds. The summed E-state index contributed by atoms with van der Waals surface area (Å²) in [6.45, 7) is 4.56. The third-order valence-corrected chi connectivity index (χ3v) is 4.07. The number of morpholine rings is 1. The Bertz CT molecular complexity index is 592. The number of benzene rings is 1. The van der Waals surface area contributed by atoms with Gasteiger partial charge < -0.3 is 19.5 Å². The fourth-order valence-corrected chi connectivity index (χ4v) is 2.56. The monoisotopic (exact) mass is 341 g/mol. The summed E-state index contributed by atoms with van der Waals surface area (Å²) in [7, 11) is 0. The molecular formula is C16H20ClNO5. The van der Waals surface area contributed by atoms with Crippen molar-refractivity contribution in [1.82, 2.24) is 4.90 Å². The summed E-state index contributed by atoms with van der Waals surface area (Å²) < 4.78 is 11.0. The van der Waals surface area contributed by atoms with Crippen molar-refractivity contribution >= 4 is 23.5 Å². The molecule has 0 aliphatic carbocycles. The molecule has 6 nitrogen and oxygen atoms in total. The van der Waals surface area contributed by atoms with Crippen LogP contribution in [0.25, 0.3) is 0 Å². The van der Waals surface area contributed by atoms with Crippen LogP contribution in [0, 0.1) is 6.92 Å². The predicted octanol–water partition coefficient (Wildman–Crippen LogP) is 2.12. The number of amides is 1. The normalized spacial score (nSPS) is 19.3. The number of carbonyl (C=O) groups is 2. The number of carbonyl (C=O) groups excluding carboxylic acids is 1. The van der Waals surface area contributed by atoms with Crippen molar-refractivity contribution in [2.24, 2.45) is 0 Å². The summed E-state index contributed by atoms with van der Waals surface area (Å²) in [5.41, 5.74) is 0.872. The molecule has 0 saturated carbocycles. The first-order valence-electron chi connectivity index (χ1n) is 7.42. The van der Waals surface area contributed by atoms with E-state index in [1.54, 1.807) is 30.0 Å². The first-order chi connectivity index (χ1) is 10.9. The Balaban J connectivity index is 1.95. The fourth-order valence-electron chi connectivity index (χ4n) is 2.44. The van der Waals surface area contributed by atoms with Crippen molar-refractivity contribution in [3.8, 4) is 5.75 Å². The molecule has 1 aliphatic heterocycles. The van der Waals surface area contributed by atoms with Crippen molar-refractivity contribution in [3.05, 3.63) is 28.8 Å². The Morgan fingerprint density at radius 1 is 1.52 bits per heavy atom. The van der Waals surface area contributed by atoms with E-state index < -0.39 is 18.2 Å². The van der Waals surface area contributed by atoms with Gasteiger partial charge in [0.25, 0.3) is 5.91 Å². The molecular weight excluding hydrogens is 322 g/mol. The van der Waals surface area contributed by atoms with E-state index in [1.165, 1.54) is 0 Å². The molecule has 1 aliphatic rings. The van der Waals surface area contributed by atoms with Crippen molar-refractivity contribution in [3.63, 3.8) is 0 Å². The van der Waals surface area contributed by atoms with Gasteiger partial charge >= 0.3 is 5.97 Å². The Morgan fingerprint density at radius 2 is 2.26 bits per heavy atom. The molecule has 23 heavy (non-hydrogen) atoms. The third kappa shape index (κ3) is 4.84. The van der Waals surface area contributed by atoms with Gasteiger partial charge in [0.1, 0.15) is 5.75 Å². The van der Waals surface area contributed by atoms with Gasteiger partial charge in [-0.05, 0) is 37.6 Å². The standard InChI is InChI=1S/C16H20ClNO5/c1-10-7-12(3-4-14(10)17)23-11(2)16(21)18-5-6-22-13(9-18)8-15(19)20/h3-4,7,11,13H,5-6,8-9H2,1-2H3,(H,19,20). The van der Waals surface area contributed by atoms with Crippen molar-refractivity contribution in [1.29, 1.82) is 0 Å². The molecule has 1 N–H and O–H groups in total. The zero-order valence-corrected chi connectivity index (χ0v) is 13.9. The van der Waals surface area contributed by atoms with Crippen molar-refractivity contribution in [2.75, 3.05) is 19.7 Å². The molecule has 0 aromatic heterocycles. The van der Waals surface area contributed by atoms with Gasteiger partial charge in [-0.3, -0.25) is 9.59 Å². The molecule has 1 aromatic rings. The van der Waals surface area contributed by atoms with Crippen LogP contribution in [0.1, 0.15) is 18.9 Å². The lowest BCUT2D eigenvalue weighted by molar-refractivity contribution is -0.151. The topological polar surface area (TPSA) is 76.1 Å². The van der Waals surface area contributed by atoms with Crippen LogP contribution in [-0.4, -0.2) is 53.8 Å². The van der Waals surface area contributed by atoms with Crippen LogP contribution in [0.4, 0.5) is 0 Å².